The van der Waals surface area contributed by atoms with Crippen molar-refractivity contribution in [2.45, 2.75) is 0 Å². The first-order chi connectivity index (χ1) is 9.99. The van der Waals surface area contributed by atoms with E-state index in [2.05, 4.69) is 26.2 Å². The minimum absolute atomic E-state index is 0.0238. The number of hydrogen-bond acceptors (Lipinski definition) is 4. The Labute approximate surface area is 128 Å². The Bertz CT molecular complexity index is 686. The van der Waals surface area contributed by atoms with E-state index in [9.17, 15) is 9.59 Å². The van der Waals surface area contributed by atoms with Gasteiger partial charge in [-0.05, 0) is 24.3 Å². The van der Waals surface area contributed by atoms with Crippen LogP contribution in [0.15, 0.2) is 41.0 Å². The number of carboxylic acid groups (broad SMARTS) is 1. The Morgan fingerprint density at radius 1 is 1.29 bits per heavy atom. The van der Waals surface area contributed by atoms with E-state index >= 15 is 0 Å². The molecule has 1 aromatic heterocycles. The highest BCUT2D eigenvalue weighted by atomic mass is 79.9. The smallest absolute Gasteiger partial charge is 0.337 e. The first-order valence-corrected chi connectivity index (χ1v) is 6.64. The third-order valence-electron chi connectivity index (χ3n) is 2.61. The summed E-state index contributed by atoms with van der Waals surface area (Å²) in [6.45, 7) is 0. The number of nitrogens with zero attached hydrogens (tertiary/aromatic N) is 1. The normalized spacial score (nSPS) is 10.0. The Morgan fingerprint density at radius 2 is 2.05 bits per heavy atom. The summed E-state index contributed by atoms with van der Waals surface area (Å²) in [7, 11) is 1.53. The number of hydrogen-bond donors (Lipinski definition) is 2. The number of halogens is 1. The zero-order valence-electron chi connectivity index (χ0n) is 11.0. The molecule has 2 aromatic rings. The van der Waals surface area contributed by atoms with Crippen LogP contribution in [-0.2, 0) is 0 Å². The van der Waals surface area contributed by atoms with Crippen LogP contribution in [0.4, 0.5) is 5.69 Å². The lowest BCUT2D eigenvalue weighted by molar-refractivity contribution is 0.0696. The molecule has 1 aromatic carbocycles. The SMILES string of the molecule is COc1cc(Br)cc(NC(=O)c2ccc(C(=O)O)cn2)c1. The van der Waals surface area contributed by atoms with Crippen molar-refractivity contribution < 1.29 is 19.4 Å². The number of benzene rings is 1. The van der Waals surface area contributed by atoms with Crippen molar-refractivity contribution in [1.82, 2.24) is 4.98 Å². The van der Waals surface area contributed by atoms with Crippen molar-refractivity contribution >= 4 is 33.5 Å². The zero-order valence-corrected chi connectivity index (χ0v) is 12.5. The Balaban J connectivity index is 2.17. The zero-order chi connectivity index (χ0) is 15.4. The fraction of sp³-hybridized carbons (Fsp3) is 0.0714. The molecular formula is C14H11BrN2O4. The largest absolute Gasteiger partial charge is 0.497 e. The average molecular weight is 351 g/mol. The molecule has 1 amide bonds. The highest BCUT2D eigenvalue weighted by Gasteiger charge is 2.10. The third kappa shape index (κ3) is 3.79. The van der Waals surface area contributed by atoms with Gasteiger partial charge in [-0.1, -0.05) is 15.9 Å². The van der Waals surface area contributed by atoms with Crippen molar-refractivity contribution in [3.63, 3.8) is 0 Å². The molecule has 0 unspecified atom stereocenters. The maximum atomic E-state index is 12.0. The number of carboxylic acids is 1. The number of aromatic nitrogens is 1. The molecule has 0 radical (unpaired) electrons. The second-order valence-corrected chi connectivity index (χ2v) is 4.99. The maximum Gasteiger partial charge on any atom is 0.337 e. The molecule has 2 N–H and O–H groups in total. The van der Waals surface area contributed by atoms with E-state index in [1.54, 1.807) is 18.2 Å². The fourth-order valence-electron chi connectivity index (χ4n) is 1.60. The summed E-state index contributed by atoms with van der Waals surface area (Å²) in [5, 5.41) is 11.4. The van der Waals surface area contributed by atoms with E-state index in [0.717, 1.165) is 10.7 Å². The minimum Gasteiger partial charge on any atom is -0.497 e. The van der Waals surface area contributed by atoms with Crippen LogP contribution < -0.4 is 10.1 Å². The van der Waals surface area contributed by atoms with Gasteiger partial charge in [0.05, 0.1) is 12.7 Å². The van der Waals surface area contributed by atoms with Crippen LogP contribution in [0, 0.1) is 0 Å². The van der Waals surface area contributed by atoms with Gasteiger partial charge in [0.1, 0.15) is 11.4 Å². The number of amides is 1. The van der Waals surface area contributed by atoms with Gasteiger partial charge in [0, 0.05) is 22.4 Å². The van der Waals surface area contributed by atoms with Crippen LogP contribution in [-0.4, -0.2) is 29.1 Å². The van der Waals surface area contributed by atoms with Crippen molar-refractivity contribution in [1.29, 1.82) is 0 Å². The Morgan fingerprint density at radius 3 is 2.62 bits per heavy atom. The van der Waals surface area contributed by atoms with Gasteiger partial charge < -0.3 is 15.2 Å². The number of nitrogens with one attached hydrogen (secondary N) is 1. The molecule has 0 atom stereocenters. The lowest BCUT2D eigenvalue weighted by Gasteiger charge is -2.08. The number of anilines is 1. The van der Waals surface area contributed by atoms with Crippen LogP contribution in [0.1, 0.15) is 20.8 Å². The van der Waals surface area contributed by atoms with Crippen molar-refractivity contribution in [2.75, 3.05) is 12.4 Å². The van der Waals surface area contributed by atoms with Gasteiger partial charge in [0.15, 0.2) is 0 Å². The second-order valence-electron chi connectivity index (χ2n) is 4.07. The molecular weight excluding hydrogens is 340 g/mol. The fourth-order valence-corrected chi connectivity index (χ4v) is 2.07. The molecule has 0 fully saturated rings. The van der Waals surface area contributed by atoms with E-state index in [1.165, 1.54) is 19.2 Å². The number of rotatable bonds is 4. The van der Waals surface area contributed by atoms with E-state index in [0.29, 0.717) is 11.4 Å². The highest BCUT2D eigenvalue weighted by molar-refractivity contribution is 9.10. The minimum atomic E-state index is -1.09. The number of aromatic carboxylic acids is 1. The van der Waals surface area contributed by atoms with Gasteiger partial charge in [-0.15, -0.1) is 0 Å². The monoisotopic (exact) mass is 350 g/mol. The Hall–Kier alpha value is -2.41. The molecule has 0 aliphatic heterocycles. The van der Waals surface area contributed by atoms with Crippen molar-refractivity contribution in [3.8, 4) is 5.75 Å². The summed E-state index contributed by atoms with van der Waals surface area (Å²) >= 11 is 3.31. The number of methoxy groups -OCH3 is 1. The van der Waals surface area contributed by atoms with Crippen LogP contribution in [0.25, 0.3) is 0 Å². The van der Waals surface area contributed by atoms with Gasteiger partial charge in [-0.2, -0.15) is 0 Å². The molecule has 0 bridgehead atoms. The summed E-state index contributed by atoms with van der Waals surface area (Å²) in [6, 6.07) is 7.82. The molecule has 2 rings (SSSR count). The molecule has 0 spiro atoms. The summed E-state index contributed by atoms with van der Waals surface area (Å²) in [5.41, 5.74) is 0.685. The molecule has 0 aliphatic rings. The quantitative estimate of drug-likeness (QED) is 0.884. The van der Waals surface area contributed by atoms with Gasteiger partial charge in [-0.3, -0.25) is 9.78 Å². The molecule has 1 heterocycles. The van der Waals surface area contributed by atoms with Crippen molar-refractivity contribution in [3.05, 3.63) is 52.3 Å². The molecule has 6 nitrogen and oxygen atoms in total. The number of carbonyl (C=O) groups excluding carboxylic acids is 1. The van der Waals surface area contributed by atoms with E-state index in [-0.39, 0.29) is 11.3 Å². The molecule has 0 aliphatic carbocycles. The number of ether oxygens (including phenoxy) is 1. The van der Waals surface area contributed by atoms with E-state index < -0.39 is 11.9 Å². The van der Waals surface area contributed by atoms with E-state index in [1.807, 2.05) is 0 Å². The summed E-state index contributed by atoms with van der Waals surface area (Å²) in [4.78, 5) is 26.6. The lowest BCUT2D eigenvalue weighted by Crippen LogP contribution is -2.14. The molecule has 0 saturated carbocycles. The third-order valence-corrected chi connectivity index (χ3v) is 3.07. The molecule has 7 heteroatoms. The first kappa shape index (κ1) is 15.0. The predicted octanol–water partition coefficient (Wildman–Crippen LogP) is 2.80. The van der Waals surface area contributed by atoms with Gasteiger partial charge in [-0.25, -0.2) is 4.79 Å². The van der Waals surface area contributed by atoms with E-state index in [4.69, 9.17) is 9.84 Å². The Kier molecular flexibility index (Phi) is 4.54. The van der Waals surface area contributed by atoms with Crippen LogP contribution in [0.5, 0.6) is 5.75 Å². The maximum absolute atomic E-state index is 12.0. The second kappa shape index (κ2) is 6.36. The molecule has 108 valence electrons. The lowest BCUT2D eigenvalue weighted by atomic mass is 10.2. The summed E-state index contributed by atoms with van der Waals surface area (Å²) in [5.74, 6) is -0.938. The molecule has 0 saturated heterocycles. The standard InChI is InChI=1S/C14H11BrN2O4/c1-21-11-5-9(15)4-10(6-11)17-13(18)12-3-2-8(7-16-12)14(19)20/h2-7H,1H3,(H,17,18)(H,19,20). The van der Waals surface area contributed by atoms with Gasteiger partial charge in [0.2, 0.25) is 0 Å². The van der Waals surface area contributed by atoms with Crippen LogP contribution in [0.2, 0.25) is 0 Å². The summed E-state index contributed by atoms with van der Waals surface area (Å²) < 4.78 is 5.86. The topological polar surface area (TPSA) is 88.5 Å². The van der Waals surface area contributed by atoms with Gasteiger partial charge in [0.25, 0.3) is 5.91 Å². The summed E-state index contributed by atoms with van der Waals surface area (Å²) in [6.07, 6.45) is 1.14. The van der Waals surface area contributed by atoms with Crippen molar-refractivity contribution in [2.24, 2.45) is 0 Å². The average Bonchev–Trinajstić information content (AvgIpc) is 2.46. The van der Waals surface area contributed by atoms with Crippen LogP contribution >= 0.6 is 15.9 Å². The number of carbonyl (C=O) groups is 2. The first-order valence-electron chi connectivity index (χ1n) is 5.85. The molecule has 21 heavy (non-hydrogen) atoms. The highest BCUT2D eigenvalue weighted by Crippen LogP contribution is 2.24. The number of pyridine rings is 1. The van der Waals surface area contributed by atoms with Gasteiger partial charge >= 0.3 is 5.97 Å². The predicted molar refractivity (Wildman–Crippen MR) is 79.8 cm³/mol. The van der Waals surface area contributed by atoms with Crippen LogP contribution in [0.3, 0.4) is 0 Å².